The quantitative estimate of drug-likeness (QED) is 0.171. The van der Waals surface area contributed by atoms with Crippen molar-refractivity contribution in [1.82, 2.24) is 0 Å². The molecule has 9 atom stereocenters. The number of esters is 8. The summed E-state index contributed by atoms with van der Waals surface area (Å²) in [5.74, 6) is -9.54. The van der Waals surface area contributed by atoms with Crippen molar-refractivity contribution < 1.29 is 90.5 Å². The maximum absolute atomic E-state index is 12.3. The Morgan fingerprint density at radius 3 is 1.38 bits per heavy atom. The summed E-state index contributed by atoms with van der Waals surface area (Å²) in [5.41, 5.74) is 0. The average molecular weight is 679 g/mol. The highest BCUT2D eigenvalue weighted by atomic mass is 16.8. The molecule has 2 heterocycles. The number of hydrogen-bond acceptors (Lipinski definition) is 19. The van der Waals surface area contributed by atoms with Gasteiger partial charge in [-0.1, -0.05) is 0 Å². The summed E-state index contributed by atoms with van der Waals surface area (Å²) < 4.78 is 60.5. The van der Waals surface area contributed by atoms with Gasteiger partial charge < -0.3 is 52.1 Å². The van der Waals surface area contributed by atoms with Crippen LogP contribution < -0.4 is 0 Å². The Morgan fingerprint density at radius 2 is 0.915 bits per heavy atom. The van der Waals surface area contributed by atoms with E-state index in [-0.39, 0.29) is 0 Å². The van der Waals surface area contributed by atoms with Gasteiger partial charge in [0.25, 0.3) is 0 Å². The zero-order valence-electron chi connectivity index (χ0n) is 27.0. The van der Waals surface area contributed by atoms with E-state index in [1.165, 1.54) is 0 Å². The van der Waals surface area contributed by atoms with Crippen LogP contribution in [0.3, 0.4) is 0 Å². The zero-order valence-corrected chi connectivity index (χ0v) is 27.0. The predicted molar refractivity (Wildman–Crippen MR) is 145 cm³/mol. The second-order valence-electron chi connectivity index (χ2n) is 10.3. The highest BCUT2D eigenvalue weighted by Gasteiger charge is 2.65. The molecule has 2 aliphatic rings. The van der Waals surface area contributed by atoms with Gasteiger partial charge >= 0.3 is 47.8 Å². The van der Waals surface area contributed by atoms with E-state index in [0.717, 1.165) is 55.4 Å². The minimum atomic E-state index is -2.48. The second-order valence-corrected chi connectivity index (χ2v) is 10.3. The summed E-state index contributed by atoms with van der Waals surface area (Å²) in [6.07, 6.45) is -13.2. The average Bonchev–Trinajstić information content (AvgIpc) is 3.18. The Morgan fingerprint density at radius 1 is 0.489 bits per heavy atom. The Hall–Kier alpha value is -4.36. The molecule has 0 radical (unpaired) electrons. The van der Waals surface area contributed by atoms with Crippen molar-refractivity contribution in [3.63, 3.8) is 0 Å². The van der Waals surface area contributed by atoms with Gasteiger partial charge in [-0.2, -0.15) is 0 Å². The van der Waals surface area contributed by atoms with Crippen LogP contribution in [0.25, 0.3) is 0 Å². The standard InChI is InChI=1S/C28H38O19/c1-12(29)37-9-20-22(40-15(4)32)24(42-17(6)34)25(43-18(7)35)27(45-20)47-28(11-39-14(3)31)26(44-19(8)36)23(41-16(5)33)21(46-28)10-38-13(2)30/h20-27H,9-11H2,1-8H3/t20-,21+,22-,23-,24+,25-,26-,27+,28-/m0/s1. The fraction of sp³-hybridized carbons (Fsp3) is 0.714. The van der Waals surface area contributed by atoms with E-state index < -0.39 is 122 Å². The molecule has 2 aliphatic heterocycles. The monoisotopic (exact) mass is 678 g/mol. The van der Waals surface area contributed by atoms with Crippen molar-refractivity contribution in [2.45, 2.75) is 110 Å². The van der Waals surface area contributed by atoms with Crippen molar-refractivity contribution >= 4 is 47.8 Å². The molecule has 19 nitrogen and oxygen atoms in total. The van der Waals surface area contributed by atoms with E-state index in [1.54, 1.807) is 0 Å². The van der Waals surface area contributed by atoms with E-state index in [4.69, 9.17) is 52.1 Å². The molecule has 0 aromatic rings. The molecule has 0 bridgehead atoms. The third kappa shape index (κ3) is 11.4. The highest BCUT2D eigenvalue weighted by molar-refractivity contribution is 5.69. The van der Waals surface area contributed by atoms with Gasteiger partial charge in [0.15, 0.2) is 30.5 Å². The second kappa shape index (κ2) is 17.0. The lowest BCUT2D eigenvalue weighted by molar-refractivity contribution is -0.384. The van der Waals surface area contributed by atoms with Gasteiger partial charge in [-0.3, -0.25) is 38.4 Å². The van der Waals surface area contributed by atoms with Gasteiger partial charge in [0.1, 0.15) is 32.0 Å². The molecule has 19 heteroatoms. The third-order valence-corrected chi connectivity index (χ3v) is 6.24. The van der Waals surface area contributed by atoms with Crippen LogP contribution in [0.5, 0.6) is 0 Å². The summed E-state index contributed by atoms with van der Waals surface area (Å²) in [6.45, 7) is 6.12. The maximum Gasteiger partial charge on any atom is 0.303 e. The van der Waals surface area contributed by atoms with E-state index in [9.17, 15) is 38.4 Å². The van der Waals surface area contributed by atoms with Gasteiger partial charge in [0, 0.05) is 55.4 Å². The van der Waals surface area contributed by atoms with E-state index in [1.807, 2.05) is 0 Å². The van der Waals surface area contributed by atoms with Crippen LogP contribution >= 0.6 is 0 Å². The Kier molecular flexibility index (Phi) is 14.0. The summed E-state index contributed by atoms with van der Waals surface area (Å²) in [7, 11) is 0. The van der Waals surface area contributed by atoms with E-state index in [2.05, 4.69) is 0 Å². The van der Waals surface area contributed by atoms with Crippen molar-refractivity contribution in [2.24, 2.45) is 0 Å². The van der Waals surface area contributed by atoms with Crippen LogP contribution in [0.1, 0.15) is 55.4 Å². The molecule has 264 valence electrons. The summed E-state index contributed by atoms with van der Waals surface area (Å²) in [4.78, 5) is 96.4. The molecule has 0 aromatic heterocycles. The molecule has 0 unspecified atom stereocenters. The minimum absolute atomic E-state index is 0.588. The van der Waals surface area contributed by atoms with Crippen LogP contribution in [-0.2, 0) is 90.5 Å². The number of hydrogen-bond donors (Lipinski definition) is 0. The molecule has 0 N–H and O–H groups in total. The number of rotatable bonds is 13. The molecular weight excluding hydrogens is 640 g/mol. The third-order valence-electron chi connectivity index (χ3n) is 6.24. The topological polar surface area (TPSA) is 238 Å². The highest BCUT2D eigenvalue weighted by Crippen LogP contribution is 2.41. The lowest BCUT2D eigenvalue weighted by Gasteiger charge is -2.46. The molecule has 0 amide bonds. The lowest BCUT2D eigenvalue weighted by atomic mass is 9.97. The summed E-state index contributed by atoms with van der Waals surface area (Å²) in [5, 5.41) is 0. The van der Waals surface area contributed by atoms with Gasteiger partial charge in [-0.25, -0.2) is 0 Å². The fourth-order valence-corrected chi connectivity index (χ4v) is 4.76. The maximum atomic E-state index is 12.3. The normalized spacial score (nSPS) is 29.8. The van der Waals surface area contributed by atoms with Gasteiger partial charge in [-0.05, 0) is 0 Å². The molecule has 2 fully saturated rings. The summed E-state index contributed by atoms with van der Waals surface area (Å²) >= 11 is 0. The molecule has 0 spiro atoms. The fourth-order valence-electron chi connectivity index (χ4n) is 4.76. The Bertz CT molecular complexity index is 1210. The molecule has 0 aromatic carbocycles. The SMILES string of the molecule is CC(=O)OC[C@@H]1O[C@H](O[C@]2(COC(C)=O)O[C@H](COC(C)=O)[C@H](OC(C)=O)[C@@H]2OC(C)=O)[C@@H](OC(C)=O)[C@H](OC(C)=O)[C@H]1OC(C)=O. The van der Waals surface area contributed by atoms with Crippen molar-refractivity contribution in [1.29, 1.82) is 0 Å². The Labute approximate surface area is 268 Å². The van der Waals surface area contributed by atoms with Crippen LogP contribution in [0.15, 0.2) is 0 Å². The molecule has 47 heavy (non-hydrogen) atoms. The first kappa shape index (κ1) is 38.8. The first-order chi connectivity index (χ1) is 21.8. The smallest absolute Gasteiger partial charge is 0.303 e. The van der Waals surface area contributed by atoms with E-state index >= 15 is 0 Å². The number of ether oxygens (including phenoxy) is 11. The summed E-state index contributed by atoms with van der Waals surface area (Å²) in [6, 6.07) is 0. The number of carbonyl (C=O) groups excluding carboxylic acids is 8. The first-order valence-electron chi connectivity index (χ1n) is 14.1. The van der Waals surface area contributed by atoms with Crippen LogP contribution in [0.4, 0.5) is 0 Å². The predicted octanol–water partition coefficient (Wildman–Crippen LogP) is -0.829. The molecular formula is C28H38O19. The largest absolute Gasteiger partial charge is 0.463 e. The van der Waals surface area contributed by atoms with Crippen molar-refractivity contribution in [3.05, 3.63) is 0 Å². The van der Waals surface area contributed by atoms with Gasteiger partial charge in [0.05, 0.1) is 0 Å². The van der Waals surface area contributed by atoms with Crippen molar-refractivity contribution in [3.8, 4) is 0 Å². The van der Waals surface area contributed by atoms with Gasteiger partial charge in [-0.15, -0.1) is 0 Å². The zero-order chi connectivity index (χ0) is 35.6. The van der Waals surface area contributed by atoms with Crippen LogP contribution in [0, 0.1) is 0 Å². The Balaban J connectivity index is 2.78. The minimum Gasteiger partial charge on any atom is -0.463 e. The molecule has 2 saturated heterocycles. The first-order valence-corrected chi connectivity index (χ1v) is 14.1. The van der Waals surface area contributed by atoms with E-state index in [0.29, 0.717) is 0 Å². The molecule has 0 saturated carbocycles. The van der Waals surface area contributed by atoms with Crippen LogP contribution in [-0.4, -0.2) is 122 Å². The number of carbonyl (C=O) groups is 8. The van der Waals surface area contributed by atoms with Crippen molar-refractivity contribution in [2.75, 3.05) is 19.8 Å². The lowest BCUT2D eigenvalue weighted by Crippen LogP contribution is -2.65. The molecule has 2 rings (SSSR count). The van der Waals surface area contributed by atoms with Crippen LogP contribution in [0.2, 0.25) is 0 Å². The molecule has 0 aliphatic carbocycles. The van der Waals surface area contributed by atoms with Gasteiger partial charge in [0.2, 0.25) is 12.1 Å².